The third kappa shape index (κ3) is 8.80. The number of halogens is 2. The molecule has 1 unspecified atom stereocenters. The van der Waals surface area contributed by atoms with Crippen LogP contribution in [0.3, 0.4) is 0 Å². The van der Waals surface area contributed by atoms with Crippen LogP contribution in [-0.2, 0) is 16.1 Å². The number of nitrogens with one attached hydrogen (secondary N) is 1. The van der Waals surface area contributed by atoms with Crippen LogP contribution in [0.1, 0.15) is 46.1 Å². The maximum Gasteiger partial charge on any atom is 0.242 e. The van der Waals surface area contributed by atoms with Gasteiger partial charge in [0, 0.05) is 28.5 Å². The first kappa shape index (κ1) is 25.0. The number of hydrogen-bond donors (Lipinski definition) is 1. The van der Waals surface area contributed by atoms with Gasteiger partial charge in [-0.3, -0.25) is 9.59 Å². The standard InChI is InChI=1S/C24H30Cl2N2O3/c1-17(23(30)27-24(2,3)4)28(16-18-7-9-19(25)10-8-18)22(29)6-5-15-31-21-13-11-20(26)12-14-21/h7-14,17H,5-6,15-16H2,1-4H3,(H,27,30). The van der Waals surface area contributed by atoms with Crippen LogP contribution in [0.5, 0.6) is 5.75 Å². The van der Waals surface area contributed by atoms with E-state index in [1.54, 1.807) is 48.2 Å². The zero-order chi connectivity index (χ0) is 23.0. The molecule has 1 N–H and O–H groups in total. The van der Waals surface area contributed by atoms with Crippen LogP contribution < -0.4 is 10.1 Å². The smallest absolute Gasteiger partial charge is 0.242 e. The lowest BCUT2D eigenvalue weighted by Gasteiger charge is -2.31. The summed E-state index contributed by atoms with van der Waals surface area (Å²) >= 11 is 11.8. The van der Waals surface area contributed by atoms with Crippen molar-refractivity contribution in [1.82, 2.24) is 10.2 Å². The predicted molar refractivity (Wildman–Crippen MR) is 126 cm³/mol. The molecule has 0 spiro atoms. The Morgan fingerprint density at radius 3 is 2.10 bits per heavy atom. The Kier molecular flexibility index (Phi) is 9.20. The van der Waals surface area contributed by atoms with Crippen molar-refractivity contribution in [2.75, 3.05) is 6.61 Å². The maximum absolute atomic E-state index is 13.0. The molecule has 0 bridgehead atoms. The Hall–Kier alpha value is -2.24. The fraction of sp³-hybridized carbons (Fsp3) is 0.417. The van der Waals surface area contributed by atoms with Crippen molar-refractivity contribution in [2.24, 2.45) is 0 Å². The zero-order valence-corrected chi connectivity index (χ0v) is 20.0. The van der Waals surface area contributed by atoms with Crippen LogP contribution in [0, 0.1) is 0 Å². The summed E-state index contributed by atoms with van der Waals surface area (Å²) in [4.78, 5) is 27.4. The summed E-state index contributed by atoms with van der Waals surface area (Å²) < 4.78 is 5.67. The summed E-state index contributed by atoms with van der Waals surface area (Å²) in [7, 11) is 0. The molecule has 2 amide bonds. The number of benzene rings is 2. The van der Waals surface area contributed by atoms with Gasteiger partial charge >= 0.3 is 0 Å². The van der Waals surface area contributed by atoms with Crippen LogP contribution in [0.2, 0.25) is 10.0 Å². The second kappa shape index (κ2) is 11.4. The summed E-state index contributed by atoms with van der Waals surface area (Å²) in [6.45, 7) is 8.21. The Labute approximate surface area is 194 Å². The molecular weight excluding hydrogens is 435 g/mol. The van der Waals surface area contributed by atoms with E-state index in [9.17, 15) is 9.59 Å². The SMILES string of the molecule is CC(C(=O)NC(C)(C)C)N(Cc1ccc(Cl)cc1)C(=O)CCCOc1ccc(Cl)cc1. The third-order valence-electron chi connectivity index (χ3n) is 4.55. The Morgan fingerprint density at radius 2 is 1.55 bits per heavy atom. The highest BCUT2D eigenvalue weighted by Gasteiger charge is 2.28. The molecule has 2 rings (SSSR count). The molecule has 0 aliphatic carbocycles. The molecule has 0 aliphatic heterocycles. The monoisotopic (exact) mass is 464 g/mol. The molecule has 1 atom stereocenters. The van der Waals surface area contributed by atoms with E-state index in [2.05, 4.69) is 5.32 Å². The highest BCUT2D eigenvalue weighted by atomic mass is 35.5. The first-order chi connectivity index (χ1) is 14.5. The highest BCUT2D eigenvalue weighted by Crippen LogP contribution is 2.17. The molecule has 0 radical (unpaired) electrons. The lowest BCUT2D eigenvalue weighted by Crippen LogP contribution is -2.52. The van der Waals surface area contributed by atoms with Crippen molar-refractivity contribution in [3.63, 3.8) is 0 Å². The Bertz CT molecular complexity index is 862. The number of carbonyl (C=O) groups excluding carboxylic acids is 2. The van der Waals surface area contributed by atoms with Crippen LogP contribution in [0.4, 0.5) is 0 Å². The van der Waals surface area contributed by atoms with E-state index >= 15 is 0 Å². The molecule has 0 fully saturated rings. The summed E-state index contributed by atoms with van der Waals surface area (Å²) in [6.07, 6.45) is 0.806. The van der Waals surface area contributed by atoms with Gasteiger partial charge in [-0.05, 0) is 76.1 Å². The van der Waals surface area contributed by atoms with E-state index in [4.69, 9.17) is 27.9 Å². The Morgan fingerprint density at radius 1 is 1.00 bits per heavy atom. The maximum atomic E-state index is 13.0. The summed E-state index contributed by atoms with van der Waals surface area (Å²) in [5, 5.41) is 4.22. The van der Waals surface area contributed by atoms with Gasteiger partial charge in [0.15, 0.2) is 0 Å². The summed E-state index contributed by atoms with van der Waals surface area (Å²) in [6, 6.07) is 13.8. The molecule has 0 heterocycles. The lowest BCUT2D eigenvalue weighted by atomic mass is 10.1. The minimum Gasteiger partial charge on any atom is -0.494 e. The van der Waals surface area contributed by atoms with E-state index in [1.807, 2.05) is 32.9 Å². The van der Waals surface area contributed by atoms with Gasteiger partial charge in [0.25, 0.3) is 0 Å². The number of nitrogens with zero attached hydrogens (tertiary/aromatic N) is 1. The number of hydrogen-bond acceptors (Lipinski definition) is 3. The van der Waals surface area contributed by atoms with Crippen LogP contribution in [-0.4, -0.2) is 34.9 Å². The van der Waals surface area contributed by atoms with Gasteiger partial charge in [-0.2, -0.15) is 0 Å². The minimum absolute atomic E-state index is 0.105. The van der Waals surface area contributed by atoms with Gasteiger partial charge in [0.2, 0.25) is 11.8 Å². The number of carbonyl (C=O) groups is 2. The molecule has 0 saturated carbocycles. The summed E-state index contributed by atoms with van der Waals surface area (Å²) in [5.41, 5.74) is 0.526. The minimum atomic E-state index is -0.611. The molecule has 168 valence electrons. The van der Waals surface area contributed by atoms with E-state index in [0.29, 0.717) is 35.4 Å². The largest absolute Gasteiger partial charge is 0.494 e. The van der Waals surface area contributed by atoms with Crippen molar-refractivity contribution < 1.29 is 14.3 Å². The zero-order valence-electron chi connectivity index (χ0n) is 18.5. The average Bonchev–Trinajstić information content (AvgIpc) is 2.70. The fourth-order valence-corrected chi connectivity index (χ4v) is 3.18. The van der Waals surface area contributed by atoms with Gasteiger partial charge in [-0.1, -0.05) is 35.3 Å². The molecule has 2 aromatic carbocycles. The van der Waals surface area contributed by atoms with Crippen molar-refractivity contribution in [1.29, 1.82) is 0 Å². The average molecular weight is 465 g/mol. The van der Waals surface area contributed by atoms with Crippen LogP contribution in [0.25, 0.3) is 0 Å². The highest BCUT2D eigenvalue weighted by molar-refractivity contribution is 6.30. The second-order valence-electron chi connectivity index (χ2n) is 8.47. The van der Waals surface area contributed by atoms with Gasteiger partial charge in [-0.25, -0.2) is 0 Å². The van der Waals surface area contributed by atoms with E-state index < -0.39 is 6.04 Å². The number of ether oxygens (including phenoxy) is 1. The lowest BCUT2D eigenvalue weighted by molar-refractivity contribution is -0.141. The third-order valence-corrected chi connectivity index (χ3v) is 5.05. The fourth-order valence-electron chi connectivity index (χ4n) is 2.93. The first-order valence-electron chi connectivity index (χ1n) is 10.3. The van der Waals surface area contributed by atoms with Crippen LogP contribution in [0.15, 0.2) is 48.5 Å². The molecule has 7 heteroatoms. The van der Waals surface area contributed by atoms with Gasteiger partial charge in [-0.15, -0.1) is 0 Å². The molecule has 31 heavy (non-hydrogen) atoms. The quantitative estimate of drug-likeness (QED) is 0.499. The Balaban J connectivity index is 2.01. The van der Waals surface area contributed by atoms with Crippen molar-refractivity contribution in [2.45, 2.75) is 58.7 Å². The van der Waals surface area contributed by atoms with Crippen LogP contribution >= 0.6 is 23.2 Å². The normalized spacial score (nSPS) is 12.2. The van der Waals surface area contributed by atoms with Gasteiger partial charge in [0.05, 0.1) is 6.61 Å². The molecule has 0 aromatic heterocycles. The van der Waals surface area contributed by atoms with Crippen molar-refractivity contribution in [3.8, 4) is 5.75 Å². The van der Waals surface area contributed by atoms with E-state index in [0.717, 1.165) is 5.56 Å². The molecule has 0 saturated heterocycles. The number of amides is 2. The van der Waals surface area contributed by atoms with Gasteiger partial charge < -0.3 is 15.0 Å². The van der Waals surface area contributed by atoms with Crippen molar-refractivity contribution >= 4 is 35.0 Å². The topological polar surface area (TPSA) is 58.6 Å². The molecule has 2 aromatic rings. The molecule has 5 nitrogen and oxygen atoms in total. The van der Waals surface area contributed by atoms with Gasteiger partial charge in [0.1, 0.15) is 11.8 Å². The van der Waals surface area contributed by atoms with Crippen molar-refractivity contribution in [3.05, 3.63) is 64.1 Å². The molecule has 0 aliphatic rings. The number of rotatable bonds is 9. The van der Waals surface area contributed by atoms with E-state index in [-0.39, 0.29) is 23.8 Å². The summed E-state index contributed by atoms with van der Waals surface area (Å²) in [5.74, 6) is 0.409. The second-order valence-corrected chi connectivity index (χ2v) is 9.34. The predicted octanol–water partition coefficient (Wildman–Crippen LogP) is 5.48. The first-order valence-corrected chi connectivity index (χ1v) is 11.0. The molecular formula is C24H30Cl2N2O3. The van der Waals surface area contributed by atoms with E-state index in [1.165, 1.54) is 0 Å².